The van der Waals surface area contributed by atoms with Gasteiger partial charge in [-0.25, -0.2) is 0 Å². The van der Waals surface area contributed by atoms with Crippen molar-refractivity contribution in [3.8, 4) is 18.1 Å². The Kier molecular flexibility index (Phi) is 30.0. The smallest absolute Gasteiger partial charge is 0.422 e. The monoisotopic (exact) mass is 1500 g/mol. The van der Waals surface area contributed by atoms with Crippen molar-refractivity contribution in [3.05, 3.63) is 63.2 Å². The lowest BCUT2D eigenvalue weighted by Crippen LogP contribution is -2.64. The molecule has 4 N–H and O–H groups in total. The maximum atomic E-state index is 15.1. The zero-order chi connectivity index (χ0) is 74.1. The number of halogens is 4. The quantitative estimate of drug-likeness (QED) is 0.155. The Balaban J connectivity index is 1.62. The van der Waals surface area contributed by atoms with Gasteiger partial charge in [-0.15, -0.1) is 12.3 Å². The van der Waals surface area contributed by atoms with Gasteiger partial charge < -0.3 is 65.2 Å². The molecule has 546 valence electrons. The number of carbonyl (C=O) groups excluding carboxylic acids is 12. The van der Waals surface area contributed by atoms with E-state index in [1.54, 1.807) is 43.0 Å². The van der Waals surface area contributed by atoms with E-state index in [9.17, 15) is 65.9 Å². The van der Waals surface area contributed by atoms with E-state index in [0.717, 1.165) is 34.5 Å². The summed E-state index contributed by atoms with van der Waals surface area (Å²) < 4.78 is 45.0. The zero-order valence-corrected chi connectivity index (χ0v) is 61.6. The van der Waals surface area contributed by atoms with Crippen LogP contribution in [0, 0.1) is 33.7 Å². The van der Waals surface area contributed by atoms with Gasteiger partial charge in [0.25, 0.3) is 0 Å². The lowest BCUT2D eigenvalue weighted by atomic mass is 9.95. The molecule has 25 nitrogen and oxygen atoms in total. The molecule has 3 aliphatic heterocycles. The Hall–Kier alpha value is -8.04. The number of hydrogen-bond acceptors (Lipinski definition) is 13. The number of nitrogens with one attached hydrogen (secondary N) is 4. The number of piperidine rings is 1. The van der Waals surface area contributed by atoms with Crippen LogP contribution in [0.4, 0.5) is 13.2 Å². The highest BCUT2D eigenvalue weighted by molar-refractivity contribution is 14.1. The first-order valence-electron chi connectivity index (χ1n) is 33.6. The summed E-state index contributed by atoms with van der Waals surface area (Å²) in [5, 5.41) is 11.0. The molecule has 2 aromatic rings. The van der Waals surface area contributed by atoms with E-state index in [0.29, 0.717) is 43.5 Å². The van der Waals surface area contributed by atoms with E-state index in [2.05, 4.69) is 49.8 Å². The van der Waals surface area contributed by atoms with E-state index in [4.69, 9.17) is 11.2 Å². The molecule has 99 heavy (non-hydrogen) atoms. The molecule has 29 heteroatoms. The van der Waals surface area contributed by atoms with Crippen molar-refractivity contribution in [3.63, 3.8) is 0 Å². The molecule has 2 aromatic carbocycles. The number of terminal acetylenes is 1. The summed E-state index contributed by atoms with van der Waals surface area (Å²) in [5.74, 6) is -7.68. The number of rotatable bonds is 14. The van der Waals surface area contributed by atoms with Crippen LogP contribution in [0.25, 0.3) is 0 Å². The van der Waals surface area contributed by atoms with Crippen molar-refractivity contribution in [2.45, 2.75) is 186 Å². The third-order valence-corrected chi connectivity index (χ3v) is 19.4. The molecule has 3 saturated heterocycles. The van der Waals surface area contributed by atoms with Crippen LogP contribution in [0.3, 0.4) is 0 Å². The molecular formula is C70H100F3IN12O13. The molecule has 0 saturated carbocycles. The molecule has 3 aliphatic rings. The summed E-state index contributed by atoms with van der Waals surface area (Å²) in [6.45, 7) is 11.6. The van der Waals surface area contributed by atoms with Gasteiger partial charge in [0.2, 0.25) is 70.9 Å². The van der Waals surface area contributed by atoms with Gasteiger partial charge in [0.1, 0.15) is 59.6 Å². The second kappa shape index (κ2) is 36.3. The van der Waals surface area contributed by atoms with Crippen LogP contribution in [0.15, 0.2) is 48.5 Å². The third-order valence-electron chi connectivity index (χ3n) is 18.7. The summed E-state index contributed by atoms with van der Waals surface area (Å²) in [7, 11) is 8.03. The number of alkyl halides is 3. The van der Waals surface area contributed by atoms with Gasteiger partial charge in [-0.05, 0) is 128 Å². The molecule has 3 heterocycles. The number of likely N-dealkylation sites (tertiary alicyclic amines) is 1. The molecule has 0 aliphatic carbocycles. The topological polar surface area (TPSA) is 288 Å². The highest BCUT2D eigenvalue weighted by Gasteiger charge is 2.46. The number of likely N-dealkylation sites (N-methyl/N-ethyl adjacent to an activating group) is 6. The molecule has 0 bridgehead atoms. The van der Waals surface area contributed by atoms with Crippen molar-refractivity contribution in [2.24, 2.45) is 17.8 Å². The van der Waals surface area contributed by atoms with Crippen molar-refractivity contribution in [2.75, 3.05) is 81.6 Å². The molecule has 12 amide bonds. The summed E-state index contributed by atoms with van der Waals surface area (Å²) in [6.07, 6.45) is 2.57. The standard InChI is InChI=1S/C70H100F3IN12O13/c1-16-22-49-63(93)84(15)69(8,9)68(98)77-51(33-42(3)4)62(92)82(13)55(66(96)85-30-19-18-20-31-85)38-57(88)81(12)53(34-43(5)6)61(91)78-59(44(7)17-2)67(97)80(11)40-58(89)86-32-29-52(86)65(95)83(14)54(37-45-25-27-48(28-26-45)99-41-70(71,72)73)64(94)79(10)39-56(87)75-50(60(90)76-49)36-46-23-21-24-47(74)35-46/h1,21,23-28,35,42-44,49-55,59H,17-20,22,29-34,36-41H2,2-15H3,(H,75,87)(H,76,90)(H,77,98)(H,78,91)/t44-,49-,50-,51-,52-,53-,54-,55-,59-/m0/s1. The fourth-order valence-electron chi connectivity index (χ4n) is 12.0. The Morgan fingerprint density at radius 1 is 0.667 bits per heavy atom. The van der Waals surface area contributed by atoms with Crippen LogP contribution >= 0.6 is 22.6 Å². The molecule has 0 spiro atoms. The third kappa shape index (κ3) is 22.5. The number of ether oxygens (including phenoxy) is 1. The Morgan fingerprint density at radius 3 is 1.86 bits per heavy atom. The normalized spacial score (nSPS) is 24.6. The maximum absolute atomic E-state index is 15.1. The Bertz CT molecular complexity index is 3290. The van der Waals surface area contributed by atoms with Crippen LogP contribution in [0.5, 0.6) is 5.75 Å². The minimum absolute atomic E-state index is 0.0322. The van der Waals surface area contributed by atoms with Crippen molar-refractivity contribution in [1.29, 1.82) is 0 Å². The van der Waals surface area contributed by atoms with Crippen molar-refractivity contribution < 1.29 is 75.4 Å². The SMILES string of the molecule is C#CC[C@@H]1NC(=O)[C@H](Cc2cccc(I)c2)NC(=O)CN(C)C(=O)[C@H](Cc2ccc(OCC(F)(F)F)cc2)N(C)C(=O)[C@@H]2CCN2C(=O)CN(C)C(=O)[C@H]([C@@H](C)CC)NC(=O)[C@H](CC(C)C)N(C)C(=O)C[C@@H](C(=O)N2CCCCC2)N(C)C(=O)[C@H](CC(C)C)NC(=O)C(C)(C)N(C)C1=O. The number of carbonyl (C=O) groups is 12. The molecule has 3 fully saturated rings. The Labute approximate surface area is 593 Å². The van der Waals surface area contributed by atoms with E-state index in [1.165, 1.54) is 90.2 Å². The largest absolute Gasteiger partial charge is 0.484 e. The van der Waals surface area contributed by atoms with Crippen LogP contribution in [-0.4, -0.2) is 252 Å². The van der Waals surface area contributed by atoms with Crippen LogP contribution in [0.2, 0.25) is 0 Å². The van der Waals surface area contributed by atoms with Crippen molar-refractivity contribution in [1.82, 2.24) is 60.5 Å². The number of benzene rings is 2. The first-order chi connectivity index (χ1) is 46.3. The number of amides is 12. The van der Waals surface area contributed by atoms with Gasteiger partial charge in [-0.2, -0.15) is 13.2 Å². The fourth-order valence-corrected chi connectivity index (χ4v) is 12.6. The lowest BCUT2D eigenvalue weighted by Gasteiger charge is -2.43. The maximum Gasteiger partial charge on any atom is 0.422 e. The minimum atomic E-state index is -4.64. The molecule has 0 radical (unpaired) electrons. The molecule has 9 atom stereocenters. The summed E-state index contributed by atoms with van der Waals surface area (Å²) in [5.41, 5.74) is -0.875. The molecular weight excluding hydrogens is 1400 g/mol. The first kappa shape index (κ1) is 81.6. The average Bonchev–Trinajstić information content (AvgIpc) is 0.789. The van der Waals surface area contributed by atoms with Crippen LogP contribution in [-0.2, 0) is 70.4 Å². The van der Waals surface area contributed by atoms with Crippen LogP contribution < -0.4 is 26.0 Å². The van der Waals surface area contributed by atoms with Gasteiger partial charge in [0.15, 0.2) is 6.61 Å². The van der Waals surface area contributed by atoms with Gasteiger partial charge in [0, 0.05) is 84.8 Å². The second-order valence-corrected chi connectivity index (χ2v) is 28.9. The molecule has 0 aromatic heterocycles. The lowest BCUT2D eigenvalue weighted by molar-refractivity contribution is -0.157. The number of hydrogen-bond donors (Lipinski definition) is 4. The van der Waals surface area contributed by atoms with Gasteiger partial charge in [-0.3, -0.25) is 57.5 Å². The van der Waals surface area contributed by atoms with Gasteiger partial charge in [-0.1, -0.05) is 72.2 Å². The van der Waals surface area contributed by atoms with E-state index >= 15 is 4.79 Å². The predicted molar refractivity (Wildman–Crippen MR) is 371 cm³/mol. The minimum Gasteiger partial charge on any atom is -0.484 e. The van der Waals surface area contributed by atoms with E-state index < -0.39 is 169 Å². The highest BCUT2D eigenvalue weighted by atomic mass is 127. The summed E-state index contributed by atoms with van der Waals surface area (Å²) >= 11 is 2.07. The first-order valence-corrected chi connectivity index (χ1v) is 34.7. The molecule has 5 rings (SSSR count). The summed E-state index contributed by atoms with van der Waals surface area (Å²) in [6, 6.07) is 1.50. The zero-order valence-electron chi connectivity index (χ0n) is 59.5. The van der Waals surface area contributed by atoms with Gasteiger partial charge >= 0.3 is 6.18 Å². The number of fused-ring (bicyclic) bond motifs is 1. The fraction of sp³-hybridized carbons (Fsp3) is 0.629. The highest BCUT2D eigenvalue weighted by Crippen LogP contribution is 2.27. The second-order valence-electron chi connectivity index (χ2n) is 27.6. The van der Waals surface area contributed by atoms with E-state index in [1.807, 2.05) is 27.7 Å². The predicted octanol–water partition coefficient (Wildman–Crippen LogP) is 3.77. The summed E-state index contributed by atoms with van der Waals surface area (Å²) in [4.78, 5) is 186. The number of nitrogens with zero attached hydrogens (tertiary/aromatic N) is 8. The molecule has 0 unspecified atom stereocenters. The Morgan fingerprint density at radius 2 is 1.29 bits per heavy atom. The average molecular weight is 1500 g/mol. The van der Waals surface area contributed by atoms with Gasteiger partial charge in [0.05, 0.1) is 19.5 Å². The van der Waals surface area contributed by atoms with Crippen LogP contribution in [0.1, 0.15) is 124 Å². The van der Waals surface area contributed by atoms with Crippen molar-refractivity contribution >= 4 is 93.5 Å². The van der Waals surface area contributed by atoms with E-state index in [-0.39, 0.29) is 56.2 Å².